The zero-order valence-electron chi connectivity index (χ0n) is 12.7. The Morgan fingerprint density at radius 2 is 1.60 bits per heavy atom. The van der Waals surface area contributed by atoms with Gasteiger partial charge in [-0.2, -0.15) is 0 Å². The Balaban J connectivity index is 1.91. The summed E-state index contributed by atoms with van der Waals surface area (Å²) in [5.74, 6) is -0.181. The highest BCUT2D eigenvalue weighted by Gasteiger charge is 2.34. The van der Waals surface area contributed by atoms with Crippen molar-refractivity contribution in [3.63, 3.8) is 0 Å². The summed E-state index contributed by atoms with van der Waals surface area (Å²) in [6.45, 7) is 2.27. The van der Waals surface area contributed by atoms with E-state index in [0.29, 0.717) is 12.5 Å². The smallest absolute Gasteiger partial charge is 0.306 e. The van der Waals surface area contributed by atoms with Gasteiger partial charge in [0.25, 0.3) is 0 Å². The number of hydrogen-bond acceptors (Lipinski definition) is 2. The maximum absolute atomic E-state index is 12.6. The molecule has 2 rings (SSSR count). The Morgan fingerprint density at radius 3 is 2.20 bits per heavy atom. The monoisotopic (exact) mass is 281 g/mol. The topological polar surface area (TPSA) is 57.6 Å². The summed E-state index contributed by atoms with van der Waals surface area (Å²) in [7, 11) is 1.91. The molecule has 2 saturated carbocycles. The number of carboxylic acid groups (broad SMARTS) is 1. The van der Waals surface area contributed by atoms with Crippen LogP contribution in [0.15, 0.2) is 0 Å². The van der Waals surface area contributed by atoms with Crippen molar-refractivity contribution in [1.82, 2.24) is 4.90 Å². The lowest BCUT2D eigenvalue weighted by Gasteiger charge is -2.37. The first-order chi connectivity index (χ1) is 9.49. The molecule has 0 aromatic heterocycles. The summed E-state index contributed by atoms with van der Waals surface area (Å²) in [4.78, 5) is 25.6. The molecule has 0 heterocycles. The first kappa shape index (κ1) is 15.3. The summed E-state index contributed by atoms with van der Waals surface area (Å²) in [6.07, 6.45) is 7.57. The third-order valence-corrected chi connectivity index (χ3v) is 5.25. The van der Waals surface area contributed by atoms with Crippen LogP contribution in [0.25, 0.3) is 0 Å². The summed E-state index contributed by atoms with van der Waals surface area (Å²) in [6, 6.07) is 0.365. The Hall–Kier alpha value is -1.06. The second kappa shape index (κ2) is 6.59. The molecule has 0 radical (unpaired) electrons. The quantitative estimate of drug-likeness (QED) is 0.865. The van der Waals surface area contributed by atoms with Crippen LogP contribution in [0.3, 0.4) is 0 Å². The summed E-state index contributed by atoms with van der Waals surface area (Å²) in [5.41, 5.74) is 0. The lowest BCUT2D eigenvalue weighted by atomic mass is 9.80. The van der Waals surface area contributed by atoms with Crippen LogP contribution in [-0.2, 0) is 9.59 Å². The van der Waals surface area contributed by atoms with E-state index in [9.17, 15) is 9.59 Å². The SMILES string of the molecule is CC1CCC(N(C)C(=O)C2CCCC(C(=O)O)C2)CC1. The fraction of sp³-hybridized carbons (Fsp3) is 0.875. The molecular weight excluding hydrogens is 254 g/mol. The molecule has 20 heavy (non-hydrogen) atoms. The van der Waals surface area contributed by atoms with Gasteiger partial charge in [0.15, 0.2) is 0 Å². The van der Waals surface area contributed by atoms with Crippen LogP contribution in [0.5, 0.6) is 0 Å². The largest absolute Gasteiger partial charge is 0.481 e. The van der Waals surface area contributed by atoms with Crippen molar-refractivity contribution in [3.8, 4) is 0 Å². The zero-order valence-corrected chi connectivity index (χ0v) is 12.7. The van der Waals surface area contributed by atoms with E-state index in [1.165, 1.54) is 12.8 Å². The van der Waals surface area contributed by atoms with E-state index in [1.807, 2.05) is 11.9 Å². The van der Waals surface area contributed by atoms with Gasteiger partial charge in [-0.25, -0.2) is 0 Å². The number of aliphatic carboxylic acids is 1. The summed E-state index contributed by atoms with van der Waals surface area (Å²) < 4.78 is 0. The van der Waals surface area contributed by atoms with Crippen molar-refractivity contribution in [2.24, 2.45) is 17.8 Å². The zero-order chi connectivity index (χ0) is 14.7. The molecule has 1 amide bonds. The van der Waals surface area contributed by atoms with Crippen molar-refractivity contribution in [2.75, 3.05) is 7.05 Å². The first-order valence-electron chi connectivity index (χ1n) is 7.98. The molecule has 0 aromatic carbocycles. The minimum absolute atomic E-state index is 0.0748. The number of hydrogen-bond donors (Lipinski definition) is 1. The average molecular weight is 281 g/mol. The van der Waals surface area contributed by atoms with Crippen LogP contribution < -0.4 is 0 Å². The molecule has 0 bridgehead atoms. The molecule has 0 saturated heterocycles. The van der Waals surface area contributed by atoms with Gasteiger partial charge in [0.2, 0.25) is 5.91 Å². The highest BCUT2D eigenvalue weighted by atomic mass is 16.4. The second-order valence-electron chi connectivity index (χ2n) is 6.76. The highest BCUT2D eigenvalue weighted by Crippen LogP contribution is 2.33. The Labute approximate surface area is 121 Å². The number of nitrogens with zero attached hydrogens (tertiary/aromatic N) is 1. The van der Waals surface area contributed by atoms with Crippen molar-refractivity contribution in [1.29, 1.82) is 0 Å². The van der Waals surface area contributed by atoms with Gasteiger partial charge >= 0.3 is 5.97 Å². The minimum atomic E-state index is -0.739. The molecule has 2 fully saturated rings. The van der Waals surface area contributed by atoms with Gasteiger partial charge in [-0.15, -0.1) is 0 Å². The Bertz CT molecular complexity index is 361. The lowest BCUT2D eigenvalue weighted by molar-refractivity contribution is -0.146. The minimum Gasteiger partial charge on any atom is -0.481 e. The number of rotatable bonds is 3. The van der Waals surface area contributed by atoms with Gasteiger partial charge in [-0.05, 0) is 50.9 Å². The molecule has 4 heteroatoms. The Morgan fingerprint density at radius 1 is 1.00 bits per heavy atom. The van der Waals surface area contributed by atoms with Crippen LogP contribution >= 0.6 is 0 Å². The summed E-state index contributed by atoms with van der Waals surface area (Å²) in [5, 5.41) is 9.13. The predicted octanol–water partition coefficient (Wildman–Crippen LogP) is 2.91. The molecular formula is C16H27NO3. The fourth-order valence-electron chi connectivity index (χ4n) is 3.74. The molecule has 2 unspecified atom stereocenters. The first-order valence-corrected chi connectivity index (χ1v) is 7.98. The molecule has 0 spiro atoms. The molecule has 1 N–H and O–H groups in total. The third kappa shape index (κ3) is 3.53. The van der Waals surface area contributed by atoms with Gasteiger partial charge in [0, 0.05) is 19.0 Å². The van der Waals surface area contributed by atoms with E-state index in [-0.39, 0.29) is 17.7 Å². The van der Waals surface area contributed by atoms with Crippen molar-refractivity contribution in [3.05, 3.63) is 0 Å². The van der Waals surface area contributed by atoms with Crippen LogP contribution in [0.1, 0.15) is 58.3 Å². The second-order valence-corrected chi connectivity index (χ2v) is 6.76. The van der Waals surface area contributed by atoms with E-state index in [4.69, 9.17) is 5.11 Å². The lowest BCUT2D eigenvalue weighted by Crippen LogP contribution is -2.43. The maximum atomic E-state index is 12.6. The van der Waals surface area contributed by atoms with E-state index in [1.54, 1.807) is 0 Å². The molecule has 2 aliphatic carbocycles. The van der Waals surface area contributed by atoms with Crippen LogP contribution in [0.2, 0.25) is 0 Å². The molecule has 2 atom stereocenters. The van der Waals surface area contributed by atoms with Crippen LogP contribution in [-0.4, -0.2) is 35.0 Å². The third-order valence-electron chi connectivity index (χ3n) is 5.25. The van der Waals surface area contributed by atoms with E-state index < -0.39 is 5.97 Å². The average Bonchev–Trinajstić information content (AvgIpc) is 2.46. The maximum Gasteiger partial charge on any atom is 0.306 e. The van der Waals surface area contributed by atoms with Gasteiger partial charge in [0.05, 0.1) is 5.92 Å². The fourth-order valence-corrected chi connectivity index (χ4v) is 3.74. The number of carbonyl (C=O) groups is 2. The van der Waals surface area contributed by atoms with Gasteiger partial charge in [-0.3, -0.25) is 9.59 Å². The van der Waals surface area contributed by atoms with E-state index in [2.05, 4.69) is 6.92 Å². The normalized spacial score (nSPS) is 34.5. The number of carbonyl (C=O) groups excluding carboxylic acids is 1. The molecule has 2 aliphatic rings. The highest BCUT2D eigenvalue weighted by molar-refractivity contribution is 5.80. The van der Waals surface area contributed by atoms with E-state index >= 15 is 0 Å². The van der Waals surface area contributed by atoms with Crippen molar-refractivity contribution < 1.29 is 14.7 Å². The van der Waals surface area contributed by atoms with Gasteiger partial charge < -0.3 is 10.0 Å². The van der Waals surface area contributed by atoms with Gasteiger partial charge in [0.1, 0.15) is 0 Å². The Kier molecular flexibility index (Phi) is 5.06. The predicted molar refractivity (Wildman–Crippen MR) is 77.3 cm³/mol. The standard InChI is InChI=1S/C16H27NO3/c1-11-6-8-14(9-7-11)17(2)15(18)12-4-3-5-13(10-12)16(19)20/h11-14H,3-10H2,1-2H3,(H,19,20). The van der Waals surface area contributed by atoms with Crippen molar-refractivity contribution in [2.45, 2.75) is 64.3 Å². The van der Waals surface area contributed by atoms with Crippen LogP contribution in [0, 0.1) is 17.8 Å². The van der Waals surface area contributed by atoms with Crippen LogP contribution in [0.4, 0.5) is 0 Å². The number of amides is 1. The summed E-state index contributed by atoms with van der Waals surface area (Å²) >= 11 is 0. The molecule has 0 aromatic rings. The van der Waals surface area contributed by atoms with Gasteiger partial charge in [-0.1, -0.05) is 13.3 Å². The molecule has 114 valence electrons. The van der Waals surface area contributed by atoms with E-state index in [0.717, 1.165) is 38.0 Å². The molecule has 4 nitrogen and oxygen atoms in total. The van der Waals surface area contributed by atoms with Crippen molar-refractivity contribution >= 4 is 11.9 Å². The number of carboxylic acids is 1. The molecule has 0 aliphatic heterocycles.